The zero-order chi connectivity index (χ0) is 40.0. The summed E-state index contributed by atoms with van der Waals surface area (Å²) in [5, 5.41) is 22.0. The van der Waals surface area contributed by atoms with Crippen LogP contribution in [0, 0.1) is 0 Å². The van der Waals surface area contributed by atoms with Crippen LogP contribution in [0.15, 0.2) is 30.3 Å². The molecule has 0 bridgehead atoms. The minimum Gasteiger partial charge on any atom is -0.494 e. The number of hydrogen-bond acceptors (Lipinski definition) is 12. The first-order valence-corrected chi connectivity index (χ1v) is 18.1. The summed E-state index contributed by atoms with van der Waals surface area (Å²) in [5.74, 6) is -3.57. The highest BCUT2D eigenvalue weighted by atomic mass is 16.7. The van der Waals surface area contributed by atoms with Crippen molar-refractivity contribution in [2.24, 2.45) is 0 Å². The van der Waals surface area contributed by atoms with Gasteiger partial charge in [0.15, 0.2) is 0 Å². The number of carbonyl (C=O) groups excluding carboxylic acids is 5. The van der Waals surface area contributed by atoms with E-state index in [9.17, 15) is 34.2 Å². The lowest BCUT2D eigenvalue weighted by molar-refractivity contribution is -0.159. The van der Waals surface area contributed by atoms with Crippen LogP contribution in [0.4, 0.5) is 0 Å². The van der Waals surface area contributed by atoms with Gasteiger partial charge in [-0.1, -0.05) is 32.1 Å². The molecule has 0 spiro atoms. The van der Waals surface area contributed by atoms with Crippen LogP contribution >= 0.6 is 0 Å². The number of nitrogens with one attached hydrogen (secondary N) is 1. The maximum atomic E-state index is 12.8. The van der Waals surface area contributed by atoms with Gasteiger partial charge < -0.3 is 39.3 Å². The number of rotatable bonds is 19. The Morgan fingerprint density at radius 3 is 1.62 bits per heavy atom. The molecule has 14 nitrogen and oxygen atoms in total. The van der Waals surface area contributed by atoms with Crippen LogP contribution in [-0.2, 0) is 28.6 Å². The van der Waals surface area contributed by atoms with Crippen molar-refractivity contribution < 1.29 is 58.0 Å². The molecule has 0 aliphatic rings. The maximum absolute atomic E-state index is 12.8. The molecule has 2 rings (SSSR count). The predicted molar refractivity (Wildman–Crippen MR) is 196 cm³/mol. The third kappa shape index (κ3) is 18.0. The van der Waals surface area contributed by atoms with E-state index in [2.05, 4.69) is 5.32 Å². The van der Waals surface area contributed by atoms with Gasteiger partial charge in [-0.05, 0) is 99.8 Å². The fourth-order valence-electron chi connectivity index (χ4n) is 4.85. The fraction of sp³-hybridized carbons (Fsp3) is 0.615. The van der Waals surface area contributed by atoms with Gasteiger partial charge in [0.2, 0.25) is 17.7 Å². The topological polar surface area (TPSA) is 189 Å². The molecule has 14 heteroatoms. The highest BCUT2D eigenvalue weighted by Crippen LogP contribution is 2.24. The van der Waals surface area contributed by atoms with Crippen molar-refractivity contribution >= 4 is 29.8 Å². The van der Waals surface area contributed by atoms with Crippen molar-refractivity contribution in [2.75, 3.05) is 6.61 Å². The summed E-state index contributed by atoms with van der Waals surface area (Å²) in [7, 11) is 0. The van der Waals surface area contributed by atoms with E-state index in [4.69, 9.17) is 23.8 Å². The molecule has 0 aliphatic carbocycles. The highest BCUT2D eigenvalue weighted by Gasteiger charge is 2.28. The predicted octanol–water partition coefficient (Wildman–Crippen LogP) is 6.57. The van der Waals surface area contributed by atoms with Crippen LogP contribution < -0.4 is 14.9 Å². The number of ether oxygens (including phenoxy) is 4. The van der Waals surface area contributed by atoms with Crippen molar-refractivity contribution in [1.82, 2.24) is 10.0 Å². The van der Waals surface area contributed by atoms with Crippen molar-refractivity contribution in [3.8, 4) is 17.5 Å². The molecule has 1 amide bonds. The Kier molecular flexibility index (Phi) is 16.7. The van der Waals surface area contributed by atoms with Crippen molar-refractivity contribution in [1.29, 1.82) is 0 Å². The molecule has 0 unspecified atom stereocenters. The first kappa shape index (κ1) is 44.4. The summed E-state index contributed by atoms with van der Waals surface area (Å²) >= 11 is 0. The average Bonchev–Trinajstić information content (AvgIpc) is 3.33. The molecule has 0 radical (unpaired) electrons. The van der Waals surface area contributed by atoms with Gasteiger partial charge >= 0.3 is 23.9 Å². The molecule has 1 atom stereocenters. The molecule has 296 valence electrons. The third-order valence-corrected chi connectivity index (χ3v) is 7.15. The van der Waals surface area contributed by atoms with Crippen molar-refractivity contribution in [3.05, 3.63) is 41.5 Å². The number of aromatic hydroxyl groups is 2. The standard InChI is InChI=1S/C39H58N2O12/c1-37(2,3)50-34(46)26-23-27(35(47)51-38(4,5)6)25-28(24-26)49-22-16-14-12-10-11-13-15-17-30(42)40-29(36(48)52-39(7,8)9)18-21-33(45)53-41-31(43)19-20-32(41)44/h19-20,23-25,29,43-44H,10-18,21-22H2,1-9H3,(H,40,42)/t29-/m0/s1. The van der Waals surface area contributed by atoms with E-state index in [1.807, 2.05) is 0 Å². The third-order valence-electron chi connectivity index (χ3n) is 7.15. The van der Waals surface area contributed by atoms with Gasteiger partial charge in [0.1, 0.15) is 28.6 Å². The van der Waals surface area contributed by atoms with E-state index < -0.39 is 58.5 Å². The first-order valence-electron chi connectivity index (χ1n) is 18.1. The minimum absolute atomic E-state index is 0.105. The number of unbranched alkanes of at least 4 members (excludes halogenated alkanes) is 6. The van der Waals surface area contributed by atoms with Crippen LogP contribution in [0.3, 0.4) is 0 Å². The van der Waals surface area contributed by atoms with Crippen molar-refractivity contribution in [3.63, 3.8) is 0 Å². The molecule has 1 aromatic heterocycles. The Hall–Kier alpha value is -4.75. The Labute approximate surface area is 312 Å². The zero-order valence-electron chi connectivity index (χ0n) is 32.7. The highest BCUT2D eigenvalue weighted by molar-refractivity contribution is 5.96. The average molecular weight is 747 g/mol. The molecule has 2 aromatic rings. The minimum atomic E-state index is -1.09. The molecular weight excluding hydrogens is 688 g/mol. The maximum Gasteiger partial charge on any atom is 0.338 e. The smallest absolute Gasteiger partial charge is 0.338 e. The number of benzene rings is 1. The van der Waals surface area contributed by atoms with E-state index in [1.165, 1.54) is 6.07 Å². The number of carbonyl (C=O) groups is 5. The SMILES string of the molecule is CC(C)(C)OC(=O)c1cc(OCCCCCCCCCC(=O)N[C@@H](CCC(=O)On2c(O)ccc2O)C(=O)OC(C)(C)C)cc(C(=O)OC(C)(C)C)c1. The molecule has 0 saturated heterocycles. The molecule has 1 heterocycles. The molecular formula is C39H58N2O12. The van der Waals surface area contributed by atoms with E-state index in [-0.39, 0.29) is 36.3 Å². The number of amides is 1. The molecule has 3 N–H and O–H groups in total. The lowest BCUT2D eigenvalue weighted by Gasteiger charge is -2.24. The summed E-state index contributed by atoms with van der Waals surface area (Å²) in [4.78, 5) is 68.3. The molecule has 0 aliphatic heterocycles. The normalized spacial score (nSPS) is 12.4. The van der Waals surface area contributed by atoms with Gasteiger partial charge in [0, 0.05) is 18.6 Å². The monoisotopic (exact) mass is 746 g/mol. The summed E-state index contributed by atoms with van der Waals surface area (Å²) in [6, 6.07) is 5.77. The van der Waals surface area contributed by atoms with Crippen molar-refractivity contribution in [2.45, 2.75) is 149 Å². The fourth-order valence-corrected chi connectivity index (χ4v) is 4.85. The van der Waals surface area contributed by atoms with Crippen LogP contribution in [-0.4, -0.2) is 74.2 Å². The van der Waals surface area contributed by atoms with Crippen LogP contribution in [0.1, 0.15) is 147 Å². The largest absolute Gasteiger partial charge is 0.494 e. The Morgan fingerprint density at radius 1 is 0.660 bits per heavy atom. The lowest BCUT2D eigenvalue weighted by atomic mass is 10.1. The summed E-state index contributed by atoms with van der Waals surface area (Å²) in [6.45, 7) is 16.1. The summed E-state index contributed by atoms with van der Waals surface area (Å²) in [6.07, 6.45) is 5.68. The van der Waals surface area contributed by atoms with Gasteiger partial charge in [0.25, 0.3) is 0 Å². The van der Waals surface area contributed by atoms with E-state index in [0.29, 0.717) is 23.5 Å². The van der Waals surface area contributed by atoms with Gasteiger partial charge in [-0.15, -0.1) is 4.73 Å². The van der Waals surface area contributed by atoms with Gasteiger partial charge in [0.05, 0.1) is 24.2 Å². The van der Waals surface area contributed by atoms with Gasteiger partial charge in [-0.2, -0.15) is 0 Å². The number of aromatic nitrogens is 1. The second kappa shape index (κ2) is 19.9. The Morgan fingerprint density at radius 2 is 1.13 bits per heavy atom. The van der Waals surface area contributed by atoms with E-state index >= 15 is 0 Å². The summed E-state index contributed by atoms with van der Waals surface area (Å²) in [5.41, 5.74) is -1.83. The number of esters is 3. The van der Waals surface area contributed by atoms with E-state index in [1.54, 1.807) is 74.4 Å². The van der Waals surface area contributed by atoms with Gasteiger partial charge in [-0.3, -0.25) is 4.79 Å². The Bertz CT molecular complexity index is 1480. The molecule has 0 fully saturated rings. The Balaban J connectivity index is 1.77. The number of hydrogen-bond donors (Lipinski definition) is 3. The van der Waals surface area contributed by atoms with Gasteiger partial charge in [-0.25, -0.2) is 19.2 Å². The molecule has 0 saturated carbocycles. The molecule has 53 heavy (non-hydrogen) atoms. The lowest BCUT2D eigenvalue weighted by Crippen LogP contribution is -2.44. The number of nitrogens with zero attached hydrogens (tertiary/aromatic N) is 1. The van der Waals surface area contributed by atoms with Crippen LogP contribution in [0.2, 0.25) is 0 Å². The van der Waals surface area contributed by atoms with Crippen LogP contribution in [0.25, 0.3) is 0 Å². The second-order valence-corrected chi connectivity index (χ2v) is 15.8. The second-order valence-electron chi connectivity index (χ2n) is 15.8. The van der Waals surface area contributed by atoms with E-state index in [0.717, 1.165) is 50.7 Å². The first-order chi connectivity index (χ1) is 24.5. The molecule has 1 aromatic carbocycles. The zero-order valence-corrected chi connectivity index (χ0v) is 32.7. The summed E-state index contributed by atoms with van der Waals surface area (Å²) < 4.78 is 22.9. The van der Waals surface area contributed by atoms with Crippen LogP contribution in [0.5, 0.6) is 17.5 Å². The quantitative estimate of drug-likeness (QED) is 0.0798.